The topological polar surface area (TPSA) is 70.6 Å². The van der Waals surface area contributed by atoms with Gasteiger partial charge < -0.3 is 20.5 Å². The number of hydrogen-bond donors (Lipinski definition) is 3. The molecule has 0 bridgehead atoms. The predicted molar refractivity (Wildman–Crippen MR) is 75.1 cm³/mol. The van der Waals surface area contributed by atoms with Gasteiger partial charge in [-0.15, -0.1) is 0 Å². The van der Waals surface area contributed by atoms with E-state index in [1.54, 1.807) is 7.11 Å². The highest BCUT2D eigenvalue weighted by Gasteiger charge is 2.13. The van der Waals surface area contributed by atoms with Crippen molar-refractivity contribution in [1.82, 2.24) is 10.6 Å². The van der Waals surface area contributed by atoms with Crippen molar-refractivity contribution in [3.05, 3.63) is 0 Å². The van der Waals surface area contributed by atoms with Crippen LogP contribution in [0.15, 0.2) is 0 Å². The average molecular weight is 272 g/mol. The minimum absolute atomic E-state index is 0.138. The van der Waals surface area contributed by atoms with Gasteiger partial charge in [-0.3, -0.25) is 0 Å². The van der Waals surface area contributed by atoms with Crippen LogP contribution in [0, 0.1) is 5.92 Å². The minimum Gasteiger partial charge on any atom is -0.391 e. The third-order valence-electron chi connectivity index (χ3n) is 3.69. The molecule has 1 aliphatic rings. The van der Waals surface area contributed by atoms with Crippen LogP contribution in [-0.4, -0.2) is 44.0 Å². The molecule has 0 radical (unpaired) electrons. The molecule has 0 aromatic carbocycles. The summed E-state index contributed by atoms with van der Waals surface area (Å²) in [4.78, 5) is 11.5. The van der Waals surface area contributed by atoms with E-state index in [1.807, 2.05) is 0 Å². The lowest BCUT2D eigenvalue weighted by atomic mass is 9.87. The number of carbonyl (C=O) groups is 1. The van der Waals surface area contributed by atoms with Crippen molar-refractivity contribution < 1.29 is 14.6 Å². The Hall–Kier alpha value is -0.810. The molecule has 1 fully saturated rings. The first-order valence-electron chi connectivity index (χ1n) is 7.41. The molecular weight excluding hydrogens is 244 g/mol. The van der Waals surface area contributed by atoms with E-state index in [-0.39, 0.29) is 6.03 Å². The second-order valence-electron chi connectivity index (χ2n) is 5.37. The highest BCUT2D eigenvalue weighted by Crippen LogP contribution is 2.25. The van der Waals surface area contributed by atoms with E-state index >= 15 is 0 Å². The summed E-state index contributed by atoms with van der Waals surface area (Å²) in [5.41, 5.74) is 0. The molecular formula is C14H28N2O3. The molecule has 0 aromatic rings. The van der Waals surface area contributed by atoms with E-state index < -0.39 is 6.10 Å². The number of rotatable bonds is 8. The number of methoxy groups -OCH3 is 1. The second kappa shape index (κ2) is 10.0. The quantitative estimate of drug-likeness (QED) is 0.629. The Morgan fingerprint density at radius 3 is 2.63 bits per heavy atom. The van der Waals surface area contributed by atoms with Crippen LogP contribution in [0.3, 0.4) is 0 Å². The first kappa shape index (κ1) is 16.2. The van der Waals surface area contributed by atoms with Crippen molar-refractivity contribution in [2.24, 2.45) is 5.92 Å². The molecule has 5 nitrogen and oxygen atoms in total. The normalized spacial score (nSPS) is 18.0. The Kier molecular flexibility index (Phi) is 8.58. The highest BCUT2D eigenvalue weighted by molar-refractivity contribution is 5.73. The van der Waals surface area contributed by atoms with Gasteiger partial charge in [0.25, 0.3) is 0 Å². The van der Waals surface area contributed by atoms with Crippen molar-refractivity contribution in [1.29, 1.82) is 0 Å². The maximum Gasteiger partial charge on any atom is 0.314 e. The maximum absolute atomic E-state index is 11.5. The molecule has 0 aliphatic heterocycles. The van der Waals surface area contributed by atoms with Gasteiger partial charge in [-0.25, -0.2) is 4.79 Å². The van der Waals surface area contributed by atoms with Gasteiger partial charge in [0.05, 0.1) is 12.7 Å². The zero-order valence-electron chi connectivity index (χ0n) is 12.0. The molecule has 3 N–H and O–H groups in total. The largest absolute Gasteiger partial charge is 0.391 e. The van der Waals surface area contributed by atoms with Crippen molar-refractivity contribution in [2.45, 2.75) is 51.0 Å². The zero-order chi connectivity index (χ0) is 13.9. The Morgan fingerprint density at radius 1 is 1.26 bits per heavy atom. The Labute approximate surface area is 116 Å². The molecule has 2 amide bonds. The molecule has 0 aromatic heterocycles. The van der Waals surface area contributed by atoms with E-state index in [4.69, 9.17) is 4.74 Å². The van der Waals surface area contributed by atoms with Gasteiger partial charge in [-0.05, 0) is 18.8 Å². The van der Waals surface area contributed by atoms with E-state index in [0.717, 1.165) is 18.9 Å². The Morgan fingerprint density at radius 2 is 1.95 bits per heavy atom. The minimum atomic E-state index is -0.507. The van der Waals surface area contributed by atoms with Crippen LogP contribution in [0.4, 0.5) is 4.79 Å². The molecule has 5 heteroatoms. The number of nitrogens with one attached hydrogen (secondary N) is 2. The SMILES string of the molecule is COCC(O)CCNC(=O)NCCC1CCCCC1. The lowest BCUT2D eigenvalue weighted by Gasteiger charge is -2.21. The molecule has 1 saturated carbocycles. The van der Waals surface area contributed by atoms with Crippen molar-refractivity contribution in [2.75, 3.05) is 26.8 Å². The number of amides is 2. The van der Waals surface area contributed by atoms with Gasteiger partial charge in [-0.1, -0.05) is 32.1 Å². The number of carbonyl (C=O) groups excluding carboxylic acids is 1. The van der Waals surface area contributed by atoms with Crippen molar-refractivity contribution in [3.8, 4) is 0 Å². The Bertz CT molecular complexity index is 243. The van der Waals surface area contributed by atoms with Gasteiger partial charge >= 0.3 is 6.03 Å². The summed E-state index contributed by atoms with van der Waals surface area (Å²) in [6.45, 7) is 1.53. The van der Waals surface area contributed by atoms with E-state index in [9.17, 15) is 9.90 Å². The van der Waals surface area contributed by atoms with Crippen LogP contribution < -0.4 is 10.6 Å². The number of urea groups is 1. The molecule has 1 unspecified atom stereocenters. The number of ether oxygens (including phenoxy) is 1. The zero-order valence-corrected chi connectivity index (χ0v) is 12.0. The summed E-state index contributed by atoms with van der Waals surface area (Å²) < 4.78 is 4.81. The molecule has 0 saturated heterocycles. The Balaban J connectivity index is 1.95. The third-order valence-corrected chi connectivity index (χ3v) is 3.69. The average Bonchev–Trinajstić information content (AvgIpc) is 2.40. The molecule has 19 heavy (non-hydrogen) atoms. The summed E-state index contributed by atoms with van der Waals surface area (Å²) in [6.07, 6.45) is 7.77. The fourth-order valence-electron chi connectivity index (χ4n) is 2.56. The smallest absolute Gasteiger partial charge is 0.314 e. The molecule has 1 aliphatic carbocycles. The summed E-state index contributed by atoms with van der Waals surface area (Å²) in [5.74, 6) is 0.789. The van der Waals surface area contributed by atoms with Crippen molar-refractivity contribution >= 4 is 6.03 Å². The maximum atomic E-state index is 11.5. The predicted octanol–water partition coefficient (Wildman–Crippen LogP) is 1.65. The number of aliphatic hydroxyl groups is 1. The van der Waals surface area contributed by atoms with Gasteiger partial charge in [0.2, 0.25) is 0 Å². The van der Waals surface area contributed by atoms with Crippen LogP contribution in [0.5, 0.6) is 0 Å². The van der Waals surface area contributed by atoms with Crippen LogP contribution in [0.25, 0.3) is 0 Å². The standard InChI is InChI=1S/C14H28N2O3/c1-19-11-13(17)8-10-16-14(18)15-9-7-12-5-3-2-4-6-12/h12-13,17H,2-11H2,1H3,(H2,15,16,18). The van der Waals surface area contributed by atoms with E-state index in [0.29, 0.717) is 19.6 Å². The lowest BCUT2D eigenvalue weighted by molar-refractivity contribution is 0.0598. The number of hydrogen-bond acceptors (Lipinski definition) is 3. The third kappa shape index (κ3) is 8.06. The van der Waals surface area contributed by atoms with E-state index in [1.165, 1.54) is 32.1 Å². The van der Waals surface area contributed by atoms with Gasteiger partial charge in [0.1, 0.15) is 0 Å². The van der Waals surface area contributed by atoms with Crippen LogP contribution in [0.2, 0.25) is 0 Å². The number of aliphatic hydroxyl groups excluding tert-OH is 1. The summed E-state index contributed by atoms with van der Waals surface area (Å²) >= 11 is 0. The summed E-state index contributed by atoms with van der Waals surface area (Å²) in [6, 6.07) is -0.138. The highest BCUT2D eigenvalue weighted by atomic mass is 16.5. The van der Waals surface area contributed by atoms with Gasteiger partial charge in [-0.2, -0.15) is 0 Å². The van der Waals surface area contributed by atoms with Gasteiger partial charge in [0, 0.05) is 20.2 Å². The second-order valence-corrected chi connectivity index (χ2v) is 5.37. The lowest BCUT2D eigenvalue weighted by Crippen LogP contribution is -2.38. The van der Waals surface area contributed by atoms with Crippen LogP contribution >= 0.6 is 0 Å². The fourth-order valence-corrected chi connectivity index (χ4v) is 2.56. The van der Waals surface area contributed by atoms with Gasteiger partial charge in [0.15, 0.2) is 0 Å². The first-order chi connectivity index (χ1) is 9.22. The summed E-state index contributed by atoms with van der Waals surface area (Å²) in [5, 5.41) is 15.0. The molecule has 0 spiro atoms. The van der Waals surface area contributed by atoms with Crippen LogP contribution in [0.1, 0.15) is 44.9 Å². The first-order valence-corrected chi connectivity index (χ1v) is 7.41. The molecule has 1 rings (SSSR count). The molecule has 0 heterocycles. The fraction of sp³-hybridized carbons (Fsp3) is 0.929. The summed E-state index contributed by atoms with van der Waals surface area (Å²) in [7, 11) is 1.55. The van der Waals surface area contributed by atoms with E-state index in [2.05, 4.69) is 10.6 Å². The molecule has 1 atom stereocenters. The van der Waals surface area contributed by atoms with Crippen molar-refractivity contribution in [3.63, 3.8) is 0 Å². The molecule has 112 valence electrons. The van der Waals surface area contributed by atoms with Crippen LogP contribution in [-0.2, 0) is 4.74 Å². The monoisotopic (exact) mass is 272 g/mol.